The summed E-state index contributed by atoms with van der Waals surface area (Å²) in [6, 6.07) is 12.7. The van der Waals surface area contributed by atoms with E-state index in [1.165, 1.54) is 25.3 Å². The van der Waals surface area contributed by atoms with Crippen LogP contribution in [0.5, 0.6) is 5.75 Å². The summed E-state index contributed by atoms with van der Waals surface area (Å²) < 4.78 is 10.1. The quantitative estimate of drug-likeness (QED) is 0.387. The van der Waals surface area contributed by atoms with E-state index in [0.717, 1.165) is 5.01 Å². The lowest BCUT2D eigenvalue weighted by atomic mass is 10.1. The Labute approximate surface area is 199 Å². The average Bonchev–Trinajstić information content (AvgIpc) is 3.21. The second-order valence-corrected chi connectivity index (χ2v) is 7.54. The minimum absolute atomic E-state index is 0.122. The number of esters is 1. The lowest BCUT2D eigenvalue weighted by molar-refractivity contribution is -0.152. The fourth-order valence-corrected chi connectivity index (χ4v) is 3.34. The van der Waals surface area contributed by atoms with Crippen LogP contribution in [0, 0.1) is 5.92 Å². The Bertz CT molecular complexity index is 1120. The molecule has 0 saturated carbocycles. The fourth-order valence-electron chi connectivity index (χ4n) is 3.12. The molecule has 1 aliphatic rings. The zero-order chi connectivity index (χ0) is 24.7. The number of hydrogen-bond donors (Lipinski definition) is 3. The van der Waals surface area contributed by atoms with E-state index in [1.807, 2.05) is 0 Å². The highest BCUT2D eigenvalue weighted by Crippen LogP contribution is 2.20. The molecule has 0 radical (unpaired) electrons. The minimum Gasteiger partial charge on any atom is -0.496 e. The number of nitrogens with zero attached hydrogens (tertiary/aromatic N) is 1. The van der Waals surface area contributed by atoms with Crippen LogP contribution in [0.2, 0.25) is 5.02 Å². The SMILES string of the molecule is COc1ccccc1C(=O)NN1C[C@@H](C(=O)OCC(=O)NNC(=O)c2ccccc2Cl)CC1=O. The van der Waals surface area contributed by atoms with Crippen molar-refractivity contribution in [3.05, 3.63) is 64.7 Å². The van der Waals surface area contributed by atoms with Gasteiger partial charge in [0.05, 0.1) is 35.7 Å². The molecule has 12 heteroatoms. The summed E-state index contributed by atoms with van der Waals surface area (Å²) in [5, 5.41) is 1.22. The van der Waals surface area contributed by atoms with Crippen LogP contribution in [-0.2, 0) is 19.1 Å². The number of rotatable bonds is 7. The summed E-state index contributed by atoms with van der Waals surface area (Å²) >= 11 is 5.91. The number of para-hydroxylation sites is 1. The smallest absolute Gasteiger partial charge is 0.311 e. The number of carbonyl (C=O) groups excluding carboxylic acids is 5. The van der Waals surface area contributed by atoms with Gasteiger partial charge in [0.15, 0.2) is 6.61 Å². The Morgan fingerprint density at radius 3 is 2.38 bits per heavy atom. The van der Waals surface area contributed by atoms with Crippen molar-refractivity contribution in [3.63, 3.8) is 0 Å². The molecule has 0 aromatic heterocycles. The van der Waals surface area contributed by atoms with E-state index in [1.54, 1.807) is 30.3 Å². The first-order chi connectivity index (χ1) is 16.3. The summed E-state index contributed by atoms with van der Waals surface area (Å²) in [5.74, 6) is -3.84. The molecule has 3 N–H and O–H groups in total. The van der Waals surface area contributed by atoms with Crippen LogP contribution >= 0.6 is 11.6 Å². The fraction of sp³-hybridized carbons (Fsp3) is 0.227. The van der Waals surface area contributed by atoms with E-state index >= 15 is 0 Å². The number of hydrazine groups is 2. The van der Waals surface area contributed by atoms with Gasteiger partial charge in [-0.05, 0) is 24.3 Å². The lowest BCUT2D eigenvalue weighted by Crippen LogP contribution is -2.44. The summed E-state index contributed by atoms with van der Waals surface area (Å²) in [4.78, 5) is 60.9. The third-order valence-corrected chi connectivity index (χ3v) is 5.16. The first kappa shape index (κ1) is 24.5. The van der Waals surface area contributed by atoms with Crippen LogP contribution in [-0.4, -0.2) is 54.9 Å². The number of methoxy groups -OCH3 is 1. The molecule has 0 unspecified atom stereocenters. The Morgan fingerprint density at radius 2 is 1.68 bits per heavy atom. The number of ether oxygens (including phenoxy) is 2. The normalized spacial score (nSPS) is 14.8. The van der Waals surface area contributed by atoms with Crippen molar-refractivity contribution < 1.29 is 33.4 Å². The number of hydrogen-bond acceptors (Lipinski definition) is 7. The molecule has 2 aromatic carbocycles. The van der Waals surface area contributed by atoms with E-state index in [4.69, 9.17) is 21.1 Å². The zero-order valence-electron chi connectivity index (χ0n) is 18.0. The Kier molecular flexibility index (Phi) is 8.04. The first-order valence-corrected chi connectivity index (χ1v) is 10.4. The van der Waals surface area contributed by atoms with Gasteiger partial charge in [0.2, 0.25) is 5.91 Å². The predicted molar refractivity (Wildman–Crippen MR) is 118 cm³/mol. The molecule has 4 amide bonds. The number of nitrogens with one attached hydrogen (secondary N) is 3. The van der Waals surface area contributed by atoms with E-state index in [2.05, 4.69) is 16.3 Å². The van der Waals surface area contributed by atoms with Crippen LogP contribution in [0.25, 0.3) is 0 Å². The third kappa shape index (κ3) is 6.01. The van der Waals surface area contributed by atoms with Gasteiger partial charge in [0.25, 0.3) is 17.7 Å². The van der Waals surface area contributed by atoms with Crippen molar-refractivity contribution in [1.29, 1.82) is 0 Å². The summed E-state index contributed by atoms with van der Waals surface area (Å²) in [7, 11) is 1.41. The molecule has 1 heterocycles. The molecule has 1 atom stereocenters. The van der Waals surface area contributed by atoms with Gasteiger partial charge >= 0.3 is 5.97 Å². The number of halogens is 1. The van der Waals surface area contributed by atoms with E-state index in [9.17, 15) is 24.0 Å². The Balaban J connectivity index is 1.45. The van der Waals surface area contributed by atoms with Crippen LogP contribution in [0.4, 0.5) is 0 Å². The first-order valence-electron chi connectivity index (χ1n) is 10.0. The van der Waals surface area contributed by atoms with Gasteiger partial charge in [-0.25, -0.2) is 0 Å². The van der Waals surface area contributed by atoms with E-state index < -0.39 is 42.1 Å². The van der Waals surface area contributed by atoms with Crippen molar-refractivity contribution in [2.75, 3.05) is 20.3 Å². The number of amides is 4. The van der Waals surface area contributed by atoms with Gasteiger partial charge in [-0.3, -0.25) is 45.3 Å². The molecule has 1 fully saturated rings. The van der Waals surface area contributed by atoms with Gasteiger partial charge in [0, 0.05) is 6.42 Å². The largest absolute Gasteiger partial charge is 0.496 e. The highest BCUT2D eigenvalue weighted by Gasteiger charge is 2.37. The van der Waals surface area contributed by atoms with Crippen LogP contribution in [0.1, 0.15) is 27.1 Å². The van der Waals surface area contributed by atoms with Crippen molar-refractivity contribution in [2.24, 2.45) is 5.92 Å². The van der Waals surface area contributed by atoms with Crippen LogP contribution in [0.15, 0.2) is 48.5 Å². The molecule has 0 bridgehead atoms. The molecule has 11 nitrogen and oxygen atoms in total. The molecule has 34 heavy (non-hydrogen) atoms. The maximum Gasteiger partial charge on any atom is 0.311 e. The predicted octanol–water partition coefficient (Wildman–Crippen LogP) is 0.846. The molecule has 0 spiro atoms. The van der Waals surface area contributed by atoms with Gasteiger partial charge in [-0.1, -0.05) is 35.9 Å². The molecular formula is C22H21ClN4O7. The zero-order valence-corrected chi connectivity index (χ0v) is 18.8. The van der Waals surface area contributed by atoms with Gasteiger partial charge in [-0.2, -0.15) is 0 Å². The molecule has 2 aromatic rings. The maximum absolute atomic E-state index is 12.5. The van der Waals surface area contributed by atoms with E-state index in [-0.39, 0.29) is 29.1 Å². The number of carbonyl (C=O) groups is 5. The van der Waals surface area contributed by atoms with Gasteiger partial charge in [-0.15, -0.1) is 0 Å². The molecular weight excluding hydrogens is 468 g/mol. The number of benzene rings is 2. The van der Waals surface area contributed by atoms with Crippen molar-refractivity contribution >= 4 is 41.2 Å². The third-order valence-electron chi connectivity index (χ3n) is 4.83. The lowest BCUT2D eigenvalue weighted by Gasteiger charge is -2.18. The monoisotopic (exact) mass is 488 g/mol. The molecule has 1 aliphatic heterocycles. The van der Waals surface area contributed by atoms with Gasteiger partial charge < -0.3 is 9.47 Å². The van der Waals surface area contributed by atoms with Crippen LogP contribution in [0.3, 0.4) is 0 Å². The Hall–Kier alpha value is -4.12. The molecule has 3 rings (SSSR count). The van der Waals surface area contributed by atoms with Crippen molar-refractivity contribution in [1.82, 2.24) is 21.3 Å². The summed E-state index contributed by atoms with van der Waals surface area (Å²) in [6.07, 6.45) is -0.199. The maximum atomic E-state index is 12.5. The van der Waals surface area contributed by atoms with E-state index in [0.29, 0.717) is 5.75 Å². The standard InChI is InChI=1S/C22H21ClN4O7/c1-33-17-9-5-3-7-15(17)21(31)26-27-11-13(10-19(27)29)22(32)34-12-18(28)24-25-20(30)14-6-2-4-8-16(14)23/h2-9,13H,10-12H2,1H3,(H,24,28)(H,25,30)(H,26,31)/t13-/m0/s1. The molecule has 178 valence electrons. The highest BCUT2D eigenvalue weighted by atomic mass is 35.5. The van der Waals surface area contributed by atoms with Gasteiger partial charge in [0.1, 0.15) is 5.75 Å². The van der Waals surface area contributed by atoms with Crippen molar-refractivity contribution in [2.45, 2.75) is 6.42 Å². The molecule has 0 aliphatic carbocycles. The average molecular weight is 489 g/mol. The topological polar surface area (TPSA) is 143 Å². The van der Waals surface area contributed by atoms with Crippen molar-refractivity contribution in [3.8, 4) is 5.75 Å². The second kappa shape index (κ2) is 11.1. The molecule has 1 saturated heterocycles. The highest BCUT2D eigenvalue weighted by molar-refractivity contribution is 6.33. The summed E-state index contributed by atoms with van der Waals surface area (Å²) in [6.45, 7) is -0.802. The minimum atomic E-state index is -0.879. The second-order valence-electron chi connectivity index (χ2n) is 7.14. The Morgan fingerprint density at radius 1 is 1.00 bits per heavy atom. The summed E-state index contributed by atoms with van der Waals surface area (Å²) in [5.41, 5.74) is 7.08. The van der Waals surface area contributed by atoms with Crippen LogP contribution < -0.4 is 21.0 Å².